The van der Waals surface area contributed by atoms with E-state index in [-0.39, 0.29) is 24.7 Å². The molecule has 0 aliphatic rings. The first-order valence-electron chi connectivity index (χ1n) is 7.81. The Labute approximate surface area is 154 Å². The second-order valence-electron chi connectivity index (χ2n) is 5.55. The zero-order chi connectivity index (χ0) is 19.3. The van der Waals surface area contributed by atoms with E-state index >= 15 is 0 Å². The molecule has 0 aliphatic carbocycles. The van der Waals surface area contributed by atoms with Crippen molar-refractivity contribution in [2.45, 2.75) is 19.9 Å². The van der Waals surface area contributed by atoms with Crippen molar-refractivity contribution in [1.29, 1.82) is 0 Å². The molecule has 1 aromatic heterocycles. The molecule has 2 rings (SSSR count). The molecule has 9 heteroatoms. The SMILES string of the molecule is CC(=O)NCCN(C(=O)c1cc(-c2ccccc2Cl)on1)C(C)C(=O)O. The molecule has 1 unspecified atom stereocenters. The minimum Gasteiger partial charge on any atom is -0.480 e. The fourth-order valence-corrected chi connectivity index (χ4v) is 2.50. The smallest absolute Gasteiger partial charge is 0.326 e. The third-order valence-electron chi connectivity index (χ3n) is 3.68. The quantitative estimate of drug-likeness (QED) is 0.761. The van der Waals surface area contributed by atoms with E-state index in [1.54, 1.807) is 24.3 Å². The predicted molar refractivity (Wildman–Crippen MR) is 93.8 cm³/mol. The van der Waals surface area contributed by atoms with Crippen molar-refractivity contribution in [2.24, 2.45) is 0 Å². The number of hydrogen-bond donors (Lipinski definition) is 2. The van der Waals surface area contributed by atoms with Crippen molar-refractivity contribution in [3.63, 3.8) is 0 Å². The van der Waals surface area contributed by atoms with Gasteiger partial charge in [-0.25, -0.2) is 4.79 Å². The van der Waals surface area contributed by atoms with Crippen molar-refractivity contribution >= 4 is 29.4 Å². The molecule has 138 valence electrons. The summed E-state index contributed by atoms with van der Waals surface area (Å²) in [5.74, 6) is -1.77. The number of nitrogens with one attached hydrogen (secondary N) is 1. The van der Waals surface area contributed by atoms with Gasteiger partial charge in [-0.1, -0.05) is 28.9 Å². The Morgan fingerprint density at radius 2 is 2.04 bits per heavy atom. The van der Waals surface area contributed by atoms with Crippen LogP contribution in [0.25, 0.3) is 11.3 Å². The lowest BCUT2D eigenvalue weighted by molar-refractivity contribution is -0.141. The first-order valence-corrected chi connectivity index (χ1v) is 8.19. The van der Waals surface area contributed by atoms with Crippen LogP contribution in [-0.4, -0.2) is 52.1 Å². The Kier molecular flexibility index (Phi) is 6.35. The molecule has 0 saturated carbocycles. The van der Waals surface area contributed by atoms with Gasteiger partial charge in [-0.05, 0) is 19.1 Å². The van der Waals surface area contributed by atoms with Gasteiger partial charge < -0.3 is 19.8 Å². The van der Waals surface area contributed by atoms with Gasteiger partial charge in [0.1, 0.15) is 6.04 Å². The summed E-state index contributed by atoms with van der Waals surface area (Å²) < 4.78 is 5.19. The van der Waals surface area contributed by atoms with Crippen LogP contribution in [0.1, 0.15) is 24.3 Å². The number of rotatable bonds is 7. The minimum absolute atomic E-state index is 0.0141. The van der Waals surface area contributed by atoms with Crippen LogP contribution in [0.3, 0.4) is 0 Å². The molecule has 0 aliphatic heterocycles. The largest absolute Gasteiger partial charge is 0.480 e. The number of carboxylic acid groups (broad SMARTS) is 1. The van der Waals surface area contributed by atoms with E-state index in [2.05, 4.69) is 10.5 Å². The Hall–Kier alpha value is -2.87. The van der Waals surface area contributed by atoms with Crippen LogP contribution in [0.15, 0.2) is 34.9 Å². The number of nitrogens with zero attached hydrogens (tertiary/aromatic N) is 2. The third-order valence-corrected chi connectivity index (χ3v) is 4.01. The van der Waals surface area contributed by atoms with Crippen LogP contribution in [0, 0.1) is 0 Å². The highest BCUT2D eigenvalue weighted by atomic mass is 35.5. The molecule has 26 heavy (non-hydrogen) atoms. The standard InChI is InChI=1S/C17H18ClN3O5/c1-10(17(24)25)21(8-7-19-11(2)22)16(23)14-9-15(26-20-14)12-5-3-4-6-13(12)18/h3-6,9-10H,7-8H2,1-2H3,(H,19,22)(H,24,25). The van der Waals surface area contributed by atoms with E-state index in [1.807, 2.05) is 0 Å². The third kappa shape index (κ3) is 4.60. The summed E-state index contributed by atoms with van der Waals surface area (Å²) >= 11 is 6.10. The second kappa shape index (κ2) is 8.48. The zero-order valence-corrected chi connectivity index (χ0v) is 15.0. The van der Waals surface area contributed by atoms with E-state index in [4.69, 9.17) is 16.1 Å². The van der Waals surface area contributed by atoms with Gasteiger partial charge in [0.2, 0.25) is 5.91 Å². The Balaban J connectivity index is 2.23. The fraction of sp³-hybridized carbons (Fsp3) is 0.294. The van der Waals surface area contributed by atoms with Crippen LogP contribution in [0.4, 0.5) is 0 Å². The maximum Gasteiger partial charge on any atom is 0.326 e. The van der Waals surface area contributed by atoms with E-state index in [1.165, 1.54) is 19.9 Å². The molecule has 0 spiro atoms. The topological polar surface area (TPSA) is 113 Å². The van der Waals surface area contributed by atoms with Gasteiger partial charge in [0.15, 0.2) is 11.5 Å². The fourth-order valence-electron chi connectivity index (χ4n) is 2.27. The van der Waals surface area contributed by atoms with E-state index in [9.17, 15) is 19.5 Å². The lowest BCUT2D eigenvalue weighted by Gasteiger charge is -2.25. The number of halogens is 1. The molecular formula is C17H18ClN3O5. The van der Waals surface area contributed by atoms with Crippen LogP contribution in [0.5, 0.6) is 0 Å². The van der Waals surface area contributed by atoms with Gasteiger partial charge >= 0.3 is 5.97 Å². The molecule has 1 atom stereocenters. The first-order chi connectivity index (χ1) is 12.3. The van der Waals surface area contributed by atoms with Gasteiger partial charge in [-0.2, -0.15) is 0 Å². The molecule has 2 amide bonds. The molecule has 1 heterocycles. The lowest BCUT2D eigenvalue weighted by Crippen LogP contribution is -2.46. The summed E-state index contributed by atoms with van der Waals surface area (Å²) in [6.45, 7) is 2.84. The molecule has 2 N–H and O–H groups in total. The highest BCUT2D eigenvalue weighted by Gasteiger charge is 2.28. The molecule has 0 bridgehead atoms. The number of carbonyl (C=O) groups excluding carboxylic acids is 2. The van der Waals surface area contributed by atoms with E-state index in [0.717, 1.165) is 4.90 Å². The normalized spacial score (nSPS) is 11.7. The van der Waals surface area contributed by atoms with Gasteiger partial charge in [-0.15, -0.1) is 0 Å². The molecule has 0 saturated heterocycles. The predicted octanol–water partition coefficient (Wildman–Crippen LogP) is 2.05. The average molecular weight is 380 g/mol. The summed E-state index contributed by atoms with van der Waals surface area (Å²) in [5, 5.41) is 15.9. The van der Waals surface area contributed by atoms with Gasteiger partial charge in [-0.3, -0.25) is 9.59 Å². The van der Waals surface area contributed by atoms with Crippen LogP contribution >= 0.6 is 11.6 Å². The van der Waals surface area contributed by atoms with Crippen molar-refractivity contribution in [2.75, 3.05) is 13.1 Å². The molecule has 0 radical (unpaired) electrons. The summed E-state index contributed by atoms with van der Waals surface area (Å²) in [5.41, 5.74) is 0.521. The summed E-state index contributed by atoms with van der Waals surface area (Å²) in [4.78, 5) is 36.1. The van der Waals surface area contributed by atoms with E-state index < -0.39 is 17.9 Å². The monoisotopic (exact) mass is 379 g/mol. The molecule has 1 aromatic carbocycles. The van der Waals surface area contributed by atoms with Gasteiger partial charge in [0, 0.05) is 31.6 Å². The van der Waals surface area contributed by atoms with Crippen LogP contribution in [-0.2, 0) is 9.59 Å². The average Bonchev–Trinajstić information content (AvgIpc) is 3.07. The highest BCUT2D eigenvalue weighted by molar-refractivity contribution is 6.33. The van der Waals surface area contributed by atoms with Crippen molar-refractivity contribution in [3.8, 4) is 11.3 Å². The summed E-state index contributed by atoms with van der Waals surface area (Å²) in [7, 11) is 0. The Morgan fingerprint density at radius 1 is 1.35 bits per heavy atom. The van der Waals surface area contributed by atoms with Gasteiger partial charge in [0.05, 0.1) is 5.02 Å². The molecule has 8 nitrogen and oxygen atoms in total. The number of hydrogen-bond acceptors (Lipinski definition) is 5. The molecule has 0 fully saturated rings. The van der Waals surface area contributed by atoms with Crippen LogP contribution < -0.4 is 5.32 Å². The second-order valence-corrected chi connectivity index (χ2v) is 5.96. The number of aromatic nitrogens is 1. The number of carboxylic acids is 1. The van der Waals surface area contributed by atoms with E-state index in [0.29, 0.717) is 16.3 Å². The van der Waals surface area contributed by atoms with Gasteiger partial charge in [0.25, 0.3) is 5.91 Å². The number of carbonyl (C=O) groups is 3. The van der Waals surface area contributed by atoms with Crippen molar-refractivity contribution in [1.82, 2.24) is 15.4 Å². The van der Waals surface area contributed by atoms with Crippen molar-refractivity contribution < 1.29 is 24.0 Å². The maximum atomic E-state index is 12.7. The van der Waals surface area contributed by atoms with Crippen molar-refractivity contribution in [3.05, 3.63) is 41.0 Å². The number of amides is 2. The van der Waals surface area contributed by atoms with Crippen LogP contribution in [0.2, 0.25) is 5.02 Å². The summed E-state index contributed by atoms with van der Waals surface area (Å²) in [6, 6.07) is 7.21. The molecular weight excluding hydrogens is 362 g/mol. The summed E-state index contributed by atoms with van der Waals surface area (Å²) in [6.07, 6.45) is 0. The number of benzene rings is 1. The lowest BCUT2D eigenvalue weighted by atomic mass is 10.1. The first kappa shape index (κ1) is 19.5. The highest BCUT2D eigenvalue weighted by Crippen LogP contribution is 2.28. The Morgan fingerprint density at radius 3 is 2.65 bits per heavy atom. The Bertz CT molecular complexity index is 820. The number of aliphatic carboxylic acids is 1. The maximum absolute atomic E-state index is 12.7. The minimum atomic E-state index is -1.17. The zero-order valence-electron chi connectivity index (χ0n) is 14.2. The molecule has 2 aromatic rings.